The zero-order valence-electron chi connectivity index (χ0n) is 11.7. The normalized spacial score (nSPS) is 11.9. The van der Waals surface area contributed by atoms with Crippen molar-refractivity contribution in [3.63, 3.8) is 0 Å². The number of oxazole rings is 1. The van der Waals surface area contributed by atoms with E-state index in [1.54, 1.807) is 26.2 Å². The summed E-state index contributed by atoms with van der Waals surface area (Å²) in [7, 11) is 0. The Morgan fingerprint density at radius 2 is 2.20 bits per heavy atom. The molecule has 0 aliphatic carbocycles. The first kappa shape index (κ1) is 14.0. The van der Waals surface area contributed by atoms with Crippen molar-refractivity contribution in [3.8, 4) is 0 Å². The highest BCUT2D eigenvalue weighted by Crippen LogP contribution is 2.12. The predicted octanol–water partition coefficient (Wildman–Crippen LogP) is 1.70. The Morgan fingerprint density at radius 3 is 2.85 bits per heavy atom. The fourth-order valence-corrected chi connectivity index (χ4v) is 1.65. The van der Waals surface area contributed by atoms with Gasteiger partial charge in [-0.15, -0.1) is 0 Å². The second-order valence-electron chi connectivity index (χ2n) is 4.32. The maximum absolute atomic E-state index is 12.1. The number of hydrogen-bond acceptors (Lipinski definition) is 6. The fraction of sp³-hybridized carbons (Fsp3) is 0.385. The first-order chi connectivity index (χ1) is 9.60. The molecule has 0 fully saturated rings. The van der Waals surface area contributed by atoms with Gasteiger partial charge in [-0.3, -0.25) is 9.78 Å². The number of hydrogen-bond donors (Lipinski definition) is 2. The lowest BCUT2D eigenvalue weighted by Crippen LogP contribution is -2.28. The summed E-state index contributed by atoms with van der Waals surface area (Å²) in [5.74, 6) is 1.42. The van der Waals surface area contributed by atoms with Gasteiger partial charge in [0, 0.05) is 6.54 Å². The van der Waals surface area contributed by atoms with Crippen LogP contribution in [0.1, 0.15) is 42.0 Å². The SMILES string of the molecule is CCNc1cncc(C(=O)NC(C)c2ncc(C)o2)n1. The van der Waals surface area contributed by atoms with Crippen LogP contribution >= 0.6 is 0 Å². The summed E-state index contributed by atoms with van der Waals surface area (Å²) in [6, 6.07) is -0.333. The molecule has 0 aliphatic heterocycles. The molecule has 0 bridgehead atoms. The van der Waals surface area contributed by atoms with Crippen LogP contribution in [0, 0.1) is 6.92 Å². The van der Waals surface area contributed by atoms with Crippen molar-refractivity contribution < 1.29 is 9.21 Å². The molecular weight excluding hydrogens is 258 g/mol. The van der Waals surface area contributed by atoms with Gasteiger partial charge in [0.05, 0.1) is 18.6 Å². The summed E-state index contributed by atoms with van der Waals surface area (Å²) in [6.45, 7) is 6.26. The van der Waals surface area contributed by atoms with Crippen LogP contribution in [0.3, 0.4) is 0 Å². The number of nitrogens with zero attached hydrogens (tertiary/aromatic N) is 3. The number of carbonyl (C=O) groups excluding carboxylic acids is 1. The van der Waals surface area contributed by atoms with Crippen molar-refractivity contribution in [2.24, 2.45) is 0 Å². The molecule has 0 saturated heterocycles. The predicted molar refractivity (Wildman–Crippen MR) is 73.3 cm³/mol. The number of anilines is 1. The van der Waals surface area contributed by atoms with E-state index in [9.17, 15) is 4.79 Å². The summed E-state index contributed by atoms with van der Waals surface area (Å²) < 4.78 is 5.37. The highest BCUT2D eigenvalue weighted by molar-refractivity contribution is 5.92. The van der Waals surface area contributed by atoms with Crippen LogP contribution in [0.2, 0.25) is 0 Å². The van der Waals surface area contributed by atoms with Gasteiger partial charge in [0.15, 0.2) is 0 Å². The van der Waals surface area contributed by atoms with Crippen LogP contribution in [-0.2, 0) is 0 Å². The van der Waals surface area contributed by atoms with Crippen LogP contribution < -0.4 is 10.6 Å². The van der Waals surface area contributed by atoms with E-state index in [2.05, 4.69) is 25.6 Å². The maximum atomic E-state index is 12.1. The Bertz CT molecular complexity index is 596. The van der Waals surface area contributed by atoms with E-state index in [1.165, 1.54) is 6.20 Å². The van der Waals surface area contributed by atoms with Gasteiger partial charge in [0.25, 0.3) is 5.91 Å². The molecule has 7 nitrogen and oxygen atoms in total. The van der Waals surface area contributed by atoms with Crippen molar-refractivity contribution in [2.75, 3.05) is 11.9 Å². The molecule has 106 valence electrons. The smallest absolute Gasteiger partial charge is 0.272 e. The van der Waals surface area contributed by atoms with Crippen molar-refractivity contribution >= 4 is 11.7 Å². The quantitative estimate of drug-likeness (QED) is 0.862. The number of amides is 1. The lowest BCUT2D eigenvalue weighted by molar-refractivity contribution is 0.0928. The van der Waals surface area contributed by atoms with Crippen LogP contribution in [0.15, 0.2) is 23.0 Å². The lowest BCUT2D eigenvalue weighted by Gasteiger charge is -2.10. The van der Waals surface area contributed by atoms with Gasteiger partial charge in [-0.25, -0.2) is 9.97 Å². The largest absolute Gasteiger partial charge is 0.444 e. The van der Waals surface area contributed by atoms with Crippen LogP contribution in [-0.4, -0.2) is 27.4 Å². The number of aryl methyl sites for hydroxylation is 1. The van der Waals surface area contributed by atoms with E-state index in [0.717, 1.165) is 0 Å². The van der Waals surface area contributed by atoms with Crippen molar-refractivity contribution in [3.05, 3.63) is 35.9 Å². The summed E-state index contributed by atoms with van der Waals surface area (Å²) in [6.07, 6.45) is 4.61. The molecule has 1 unspecified atom stereocenters. The Labute approximate surface area is 116 Å². The zero-order valence-corrected chi connectivity index (χ0v) is 11.7. The zero-order chi connectivity index (χ0) is 14.5. The third kappa shape index (κ3) is 3.31. The van der Waals surface area contributed by atoms with E-state index >= 15 is 0 Å². The topological polar surface area (TPSA) is 92.9 Å². The molecule has 0 aromatic carbocycles. The van der Waals surface area contributed by atoms with E-state index < -0.39 is 0 Å². The van der Waals surface area contributed by atoms with Crippen LogP contribution in [0.4, 0.5) is 5.82 Å². The molecule has 2 rings (SSSR count). The lowest BCUT2D eigenvalue weighted by atomic mass is 10.3. The van der Waals surface area contributed by atoms with Gasteiger partial charge in [0.2, 0.25) is 5.89 Å². The average Bonchev–Trinajstić information content (AvgIpc) is 2.86. The Kier molecular flexibility index (Phi) is 4.29. The highest BCUT2D eigenvalue weighted by atomic mass is 16.4. The van der Waals surface area contributed by atoms with Crippen LogP contribution in [0.5, 0.6) is 0 Å². The summed E-state index contributed by atoms with van der Waals surface area (Å²) in [5.41, 5.74) is 0.249. The third-order valence-electron chi connectivity index (χ3n) is 2.58. The first-order valence-corrected chi connectivity index (χ1v) is 6.39. The number of rotatable bonds is 5. The highest BCUT2D eigenvalue weighted by Gasteiger charge is 2.16. The summed E-state index contributed by atoms with van der Waals surface area (Å²) in [5, 5.41) is 5.78. The number of carbonyl (C=O) groups is 1. The Hall–Kier alpha value is -2.44. The third-order valence-corrected chi connectivity index (χ3v) is 2.58. The van der Waals surface area contributed by atoms with Gasteiger partial charge in [-0.1, -0.05) is 0 Å². The van der Waals surface area contributed by atoms with Crippen molar-refractivity contribution in [1.29, 1.82) is 0 Å². The molecule has 2 heterocycles. The maximum Gasteiger partial charge on any atom is 0.272 e. The van der Waals surface area contributed by atoms with E-state index in [1.807, 2.05) is 6.92 Å². The van der Waals surface area contributed by atoms with Gasteiger partial charge in [-0.05, 0) is 20.8 Å². The molecule has 0 spiro atoms. The molecule has 2 N–H and O–H groups in total. The van der Waals surface area contributed by atoms with Crippen LogP contribution in [0.25, 0.3) is 0 Å². The van der Waals surface area contributed by atoms with E-state index in [0.29, 0.717) is 24.0 Å². The minimum absolute atomic E-state index is 0.249. The number of aromatic nitrogens is 3. The monoisotopic (exact) mass is 275 g/mol. The van der Waals surface area contributed by atoms with Crippen molar-refractivity contribution in [1.82, 2.24) is 20.3 Å². The van der Waals surface area contributed by atoms with Gasteiger partial charge in [0.1, 0.15) is 23.3 Å². The molecule has 0 saturated carbocycles. The first-order valence-electron chi connectivity index (χ1n) is 6.39. The number of nitrogens with one attached hydrogen (secondary N) is 2. The molecule has 7 heteroatoms. The average molecular weight is 275 g/mol. The molecule has 1 amide bonds. The van der Waals surface area contributed by atoms with Gasteiger partial charge >= 0.3 is 0 Å². The standard InChI is InChI=1S/C13H17N5O2/c1-4-15-11-7-14-6-10(18-11)12(19)17-9(3)13-16-5-8(2)20-13/h5-7,9H,4H2,1-3H3,(H,15,18)(H,17,19). The minimum atomic E-state index is -0.333. The molecule has 0 aliphatic rings. The van der Waals surface area contributed by atoms with E-state index in [4.69, 9.17) is 4.42 Å². The second kappa shape index (κ2) is 6.14. The minimum Gasteiger partial charge on any atom is -0.444 e. The summed E-state index contributed by atoms with van der Waals surface area (Å²) >= 11 is 0. The molecular formula is C13H17N5O2. The van der Waals surface area contributed by atoms with E-state index in [-0.39, 0.29) is 17.6 Å². The molecule has 0 radical (unpaired) electrons. The molecule has 2 aromatic heterocycles. The summed E-state index contributed by atoms with van der Waals surface area (Å²) in [4.78, 5) is 24.3. The molecule has 2 aromatic rings. The second-order valence-corrected chi connectivity index (χ2v) is 4.32. The fourth-order valence-electron chi connectivity index (χ4n) is 1.65. The van der Waals surface area contributed by atoms with Gasteiger partial charge in [-0.2, -0.15) is 0 Å². The van der Waals surface area contributed by atoms with Gasteiger partial charge < -0.3 is 15.1 Å². The Morgan fingerprint density at radius 1 is 1.40 bits per heavy atom. The van der Waals surface area contributed by atoms with Crippen molar-refractivity contribution in [2.45, 2.75) is 26.8 Å². The molecule has 20 heavy (non-hydrogen) atoms. The Balaban J connectivity index is 2.06. The molecule has 1 atom stereocenters.